The lowest BCUT2D eigenvalue weighted by atomic mass is 9.98. The minimum atomic E-state index is -0.0152. The molecule has 1 aliphatic heterocycles. The molecule has 23 heavy (non-hydrogen) atoms. The zero-order valence-corrected chi connectivity index (χ0v) is 12.8. The molecule has 0 bridgehead atoms. The number of aromatic nitrogens is 1. The number of H-pyrrole nitrogens is 1. The summed E-state index contributed by atoms with van der Waals surface area (Å²) in [4.78, 5) is 17.6. The number of benzene rings is 2. The van der Waals surface area contributed by atoms with Gasteiger partial charge in [0.15, 0.2) is 0 Å². The van der Waals surface area contributed by atoms with Gasteiger partial charge in [-0.05, 0) is 30.2 Å². The number of urea groups is 1. The van der Waals surface area contributed by atoms with Crippen LogP contribution in [0.25, 0.3) is 10.9 Å². The van der Waals surface area contributed by atoms with Gasteiger partial charge in [0, 0.05) is 41.8 Å². The Kier molecular flexibility index (Phi) is 3.50. The lowest BCUT2D eigenvalue weighted by Crippen LogP contribution is -2.32. The number of rotatable bonds is 2. The molecule has 2 N–H and O–H groups in total. The van der Waals surface area contributed by atoms with Crippen molar-refractivity contribution in [3.8, 4) is 0 Å². The van der Waals surface area contributed by atoms with Gasteiger partial charge in [-0.25, -0.2) is 4.79 Å². The van der Waals surface area contributed by atoms with Gasteiger partial charge < -0.3 is 15.2 Å². The highest BCUT2D eigenvalue weighted by Crippen LogP contribution is 2.32. The van der Waals surface area contributed by atoms with Crippen LogP contribution in [0.3, 0.4) is 0 Å². The highest BCUT2D eigenvalue weighted by molar-refractivity contribution is 5.90. The number of anilines is 1. The molecule has 4 heteroatoms. The van der Waals surface area contributed by atoms with E-state index >= 15 is 0 Å². The monoisotopic (exact) mass is 305 g/mol. The Labute approximate surface area is 135 Å². The summed E-state index contributed by atoms with van der Waals surface area (Å²) in [6.07, 6.45) is 3.10. The van der Waals surface area contributed by atoms with Gasteiger partial charge in [-0.2, -0.15) is 0 Å². The van der Waals surface area contributed by atoms with E-state index in [2.05, 4.69) is 34.7 Å². The molecule has 4 rings (SSSR count). The number of likely N-dealkylation sites (tertiary alicyclic amines) is 1. The minimum Gasteiger partial charge on any atom is -0.361 e. The molecule has 2 heterocycles. The van der Waals surface area contributed by atoms with Crippen LogP contribution in [0, 0.1) is 0 Å². The number of para-hydroxylation sites is 2. The van der Waals surface area contributed by atoms with Gasteiger partial charge in [-0.3, -0.25) is 0 Å². The maximum Gasteiger partial charge on any atom is 0.321 e. The van der Waals surface area contributed by atoms with Crippen LogP contribution in [0.2, 0.25) is 0 Å². The third-order valence-electron chi connectivity index (χ3n) is 4.56. The van der Waals surface area contributed by atoms with Gasteiger partial charge in [-0.15, -0.1) is 0 Å². The molecule has 0 aliphatic carbocycles. The minimum absolute atomic E-state index is 0.0152. The topological polar surface area (TPSA) is 48.1 Å². The fraction of sp³-hybridized carbons (Fsp3) is 0.211. The first-order valence-corrected chi connectivity index (χ1v) is 7.98. The predicted molar refractivity (Wildman–Crippen MR) is 92.7 cm³/mol. The fourth-order valence-corrected chi connectivity index (χ4v) is 3.35. The highest BCUT2D eigenvalue weighted by atomic mass is 16.2. The summed E-state index contributed by atoms with van der Waals surface area (Å²) in [6, 6.07) is 17.9. The SMILES string of the molecule is O=C(Nc1ccccc1)N1CCC(c2c[nH]c3ccccc23)C1. The molecule has 1 aliphatic rings. The zero-order chi connectivity index (χ0) is 15.6. The smallest absolute Gasteiger partial charge is 0.321 e. The van der Waals surface area contributed by atoms with Crippen LogP contribution in [0.5, 0.6) is 0 Å². The highest BCUT2D eigenvalue weighted by Gasteiger charge is 2.28. The summed E-state index contributed by atoms with van der Waals surface area (Å²) in [5, 5.41) is 4.23. The van der Waals surface area contributed by atoms with Crippen LogP contribution in [-0.2, 0) is 0 Å². The number of hydrogen-bond acceptors (Lipinski definition) is 1. The van der Waals surface area contributed by atoms with Gasteiger partial charge in [0.2, 0.25) is 0 Å². The molecule has 1 atom stereocenters. The normalized spacial score (nSPS) is 17.6. The van der Waals surface area contributed by atoms with Crippen molar-refractivity contribution in [2.75, 3.05) is 18.4 Å². The molecule has 0 radical (unpaired) electrons. The van der Waals surface area contributed by atoms with Gasteiger partial charge in [0.25, 0.3) is 0 Å². The summed E-state index contributed by atoms with van der Waals surface area (Å²) in [7, 11) is 0. The average Bonchev–Trinajstić information content (AvgIpc) is 3.22. The number of nitrogens with one attached hydrogen (secondary N) is 2. The van der Waals surface area contributed by atoms with Crippen LogP contribution in [-0.4, -0.2) is 29.0 Å². The molecule has 0 spiro atoms. The molecule has 1 aromatic heterocycles. The van der Waals surface area contributed by atoms with Crippen LogP contribution >= 0.6 is 0 Å². The second kappa shape index (κ2) is 5.80. The number of carbonyl (C=O) groups is 1. The predicted octanol–water partition coefficient (Wildman–Crippen LogP) is 4.19. The Morgan fingerprint density at radius 1 is 1.09 bits per heavy atom. The first-order chi connectivity index (χ1) is 11.3. The van der Waals surface area contributed by atoms with Crippen LogP contribution in [0.4, 0.5) is 10.5 Å². The van der Waals surface area contributed by atoms with E-state index in [1.54, 1.807) is 0 Å². The number of aromatic amines is 1. The first kappa shape index (κ1) is 13.9. The van der Waals surface area contributed by atoms with E-state index in [9.17, 15) is 4.79 Å². The van der Waals surface area contributed by atoms with Crippen molar-refractivity contribution in [3.05, 3.63) is 66.4 Å². The van der Waals surface area contributed by atoms with Crippen LogP contribution < -0.4 is 5.32 Å². The molecule has 3 aromatic rings. The third kappa shape index (κ3) is 2.68. The number of amides is 2. The van der Waals surface area contributed by atoms with Crippen molar-refractivity contribution in [1.29, 1.82) is 0 Å². The molecular formula is C19H19N3O. The maximum atomic E-state index is 12.4. The van der Waals surface area contributed by atoms with Crippen molar-refractivity contribution in [2.45, 2.75) is 12.3 Å². The standard InChI is InChI=1S/C19H19N3O/c23-19(21-15-6-2-1-3-7-15)22-11-10-14(13-22)17-12-20-18-9-5-4-8-16(17)18/h1-9,12,14,20H,10-11,13H2,(H,21,23). The van der Waals surface area contributed by atoms with E-state index in [0.717, 1.165) is 30.7 Å². The summed E-state index contributed by atoms with van der Waals surface area (Å²) in [5.41, 5.74) is 3.32. The van der Waals surface area contributed by atoms with Gasteiger partial charge in [0.1, 0.15) is 0 Å². The van der Waals surface area contributed by atoms with E-state index < -0.39 is 0 Å². The Balaban J connectivity index is 1.48. The van der Waals surface area contributed by atoms with Crippen molar-refractivity contribution < 1.29 is 4.79 Å². The van der Waals surface area contributed by atoms with Crippen molar-refractivity contribution in [3.63, 3.8) is 0 Å². The largest absolute Gasteiger partial charge is 0.361 e. The Morgan fingerprint density at radius 3 is 2.74 bits per heavy atom. The molecule has 4 nitrogen and oxygen atoms in total. The third-order valence-corrected chi connectivity index (χ3v) is 4.56. The summed E-state index contributed by atoms with van der Waals surface area (Å²) in [6.45, 7) is 1.56. The van der Waals surface area contributed by atoms with Gasteiger partial charge in [0.05, 0.1) is 0 Å². The van der Waals surface area contributed by atoms with Crippen molar-refractivity contribution in [2.24, 2.45) is 0 Å². The Morgan fingerprint density at radius 2 is 1.87 bits per heavy atom. The summed E-state index contributed by atoms with van der Waals surface area (Å²) >= 11 is 0. The van der Waals surface area contributed by atoms with E-state index in [-0.39, 0.29) is 6.03 Å². The quantitative estimate of drug-likeness (QED) is 0.733. The first-order valence-electron chi connectivity index (χ1n) is 7.98. The Hall–Kier alpha value is -2.75. The van der Waals surface area contributed by atoms with Crippen LogP contribution in [0.15, 0.2) is 60.8 Å². The van der Waals surface area contributed by atoms with Crippen molar-refractivity contribution in [1.82, 2.24) is 9.88 Å². The maximum absolute atomic E-state index is 12.4. The molecule has 1 unspecified atom stereocenters. The Bertz CT molecular complexity index is 825. The van der Waals surface area contributed by atoms with Gasteiger partial charge >= 0.3 is 6.03 Å². The average molecular weight is 305 g/mol. The summed E-state index contributed by atoms with van der Waals surface area (Å²) < 4.78 is 0. The molecule has 116 valence electrons. The molecular weight excluding hydrogens is 286 g/mol. The van der Waals surface area contributed by atoms with E-state index in [1.807, 2.05) is 41.3 Å². The van der Waals surface area contributed by atoms with E-state index in [1.165, 1.54) is 10.9 Å². The van der Waals surface area contributed by atoms with E-state index in [0.29, 0.717) is 5.92 Å². The molecule has 2 amide bonds. The number of fused-ring (bicyclic) bond motifs is 1. The van der Waals surface area contributed by atoms with Gasteiger partial charge in [-0.1, -0.05) is 36.4 Å². The second-order valence-corrected chi connectivity index (χ2v) is 6.02. The number of hydrogen-bond donors (Lipinski definition) is 2. The number of carbonyl (C=O) groups excluding carboxylic acids is 1. The van der Waals surface area contributed by atoms with Crippen LogP contribution in [0.1, 0.15) is 17.9 Å². The molecule has 1 fully saturated rings. The second-order valence-electron chi connectivity index (χ2n) is 6.02. The lowest BCUT2D eigenvalue weighted by Gasteiger charge is -2.17. The van der Waals surface area contributed by atoms with E-state index in [4.69, 9.17) is 0 Å². The lowest BCUT2D eigenvalue weighted by molar-refractivity contribution is 0.222. The number of nitrogens with zero attached hydrogens (tertiary/aromatic N) is 1. The molecule has 1 saturated heterocycles. The zero-order valence-electron chi connectivity index (χ0n) is 12.8. The fourth-order valence-electron chi connectivity index (χ4n) is 3.35. The molecule has 0 saturated carbocycles. The van der Waals surface area contributed by atoms with Crippen molar-refractivity contribution >= 4 is 22.6 Å². The summed E-state index contributed by atoms with van der Waals surface area (Å²) in [5.74, 6) is 0.396. The molecule has 2 aromatic carbocycles.